The molecule has 2 heterocycles. The van der Waals surface area contributed by atoms with E-state index in [0.717, 1.165) is 69.6 Å². The van der Waals surface area contributed by atoms with Crippen molar-refractivity contribution >= 4 is 11.8 Å². The van der Waals surface area contributed by atoms with Crippen LogP contribution >= 0.6 is 0 Å². The molecule has 2 N–H and O–H groups in total. The Balaban J connectivity index is 1.58. The molecule has 1 aliphatic carbocycles. The number of nitrogens with one attached hydrogen (secondary N) is 1. The first-order chi connectivity index (χ1) is 11.1. The Labute approximate surface area is 138 Å². The van der Waals surface area contributed by atoms with Gasteiger partial charge in [-0.25, -0.2) is 4.98 Å². The van der Waals surface area contributed by atoms with Crippen molar-refractivity contribution in [3.8, 4) is 0 Å². The molecule has 6 heteroatoms. The Hall–Kier alpha value is -1.40. The maximum absolute atomic E-state index is 10.6. The minimum absolute atomic E-state index is 0.444. The highest BCUT2D eigenvalue weighted by Crippen LogP contribution is 2.30. The summed E-state index contributed by atoms with van der Waals surface area (Å²) in [4.78, 5) is 13.9. The van der Waals surface area contributed by atoms with Gasteiger partial charge in [0.1, 0.15) is 5.82 Å². The first-order valence-electron chi connectivity index (χ1n) is 8.87. The molecule has 1 aromatic rings. The summed E-state index contributed by atoms with van der Waals surface area (Å²) < 4.78 is 0. The monoisotopic (exact) mass is 319 g/mol. The molecule has 128 valence electrons. The number of β-amino-alcohol motifs (C(OH)–C–C–N with tert-alkyl or cyclic N) is 1. The van der Waals surface area contributed by atoms with Crippen molar-refractivity contribution < 1.29 is 5.11 Å². The van der Waals surface area contributed by atoms with Gasteiger partial charge >= 0.3 is 0 Å². The van der Waals surface area contributed by atoms with Crippen LogP contribution in [0.4, 0.5) is 11.8 Å². The van der Waals surface area contributed by atoms with Gasteiger partial charge in [0.25, 0.3) is 0 Å². The third-order valence-corrected chi connectivity index (χ3v) is 4.91. The van der Waals surface area contributed by atoms with E-state index in [1.54, 1.807) is 0 Å². The second-order valence-electron chi connectivity index (χ2n) is 6.92. The molecular formula is C17H29N5O. The van der Waals surface area contributed by atoms with Crippen molar-refractivity contribution in [2.45, 2.75) is 45.1 Å². The number of aliphatic hydroxyl groups is 1. The van der Waals surface area contributed by atoms with Crippen LogP contribution in [0.2, 0.25) is 0 Å². The van der Waals surface area contributed by atoms with Crippen LogP contribution in [0.15, 0.2) is 6.07 Å². The zero-order chi connectivity index (χ0) is 16.3. The van der Waals surface area contributed by atoms with Crippen molar-refractivity contribution in [2.75, 3.05) is 49.5 Å². The van der Waals surface area contributed by atoms with Crippen molar-refractivity contribution in [3.05, 3.63) is 11.8 Å². The molecule has 1 saturated carbocycles. The minimum atomic E-state index is -0.444. The van der Waals surface area contributed by atoms with Gasteiger partial charge in [-0.05, 0) is 26.7 Å². The van der Waals surface area contributed by atoms with Gasteiger partial charge in [0.2, 0.25) is 5.95 Å². The van der Waals surface area contributed by atoms with E-state index < -0.39 is 5.60 Å². The minimum Gasteiger partial charge on any atom is -0.389 e. The van der Waals surface area contributed by atoms with Gasteiger partial charge in [0.05, 0.1) is 5.60 Å². The van der Waals surface area contributed by atoms with E-state index in [4.69, 9.17) is 0 Å². The zero-order valence-corrected chi connectivity index (χ0v) is 14.4. The summed E-state index contributed by atoms with van der Waals surface area (Å²) in [6.07, 6.45) is 4.25. The van der Waals surface area contributed by atoms with Gasteiger partial charge in [0.15, 0.2) is 0 Å². The highest BCUT2D eigenvalue weighted by Gasteiger charge is 2.34. The smallest absolute Gasteiger partial charge is 0.227 e. The number of hydrogen-bond donors (Lipinski definition) is 2. The van der Waals surface area contributed by atoms with E-state index in [2.05, 4.69) is 32.0 Å². The van der Waals surface area contributed by atoms with E-state index in [9.17, 15) is 5.11 Å². The maximum atomic E-state index is 10.6. The fraction of sp³-hybridized carbons (Fsp3) is 0.765. The molecule has 23 heavy (non-hydrogen) atoms. The number of piperazine rings is 1. The number of aromatic nitrogens is 2. The van der Waals surface area contributed by atoms with Crippen molar-refractivity contribution in [3.63, 3.8) is 0 Å². The lowest BCUT2D eigenvalue weighted by molar-refractivity contribution is 0.00796. The summed E-state index contributed by atoms with van der Waals surface area (Å²) >= 11 is 0. The van der Waals surface area contributed by atoms with Crippen LogP contribution in [-0.4, -0.2) is 64.8 Å². The van der Waals surface area contributed by atoms with Crippen LogP contribution in [0.5, 0.6) is 0 Å². The van der Waals surface area contributed by atoms with E-state index in [1.807, 2.05) is 13.0 Å². The van der Waals surface area contributed by atoms with Crippen LogP contribution in [0.25, 0.3) is 0 Å². The average Bonchev–Trinajstić information content (AvgIpc) is 2.94. The molecule has 0 unspecified atom stereocenters. The van der Waals surface area contributed by atoms with Gasteiger partial charge in [-0.2, -0.15) is 4.98 Å². The molecule has 2 aliphatic rings. The topological polar surface area (TPSA) is 64.5 Å². The molecule has 0 bridgehead atoms. The van der Waals surface area contributed by atoms with Crippen molar-refractivity contribution in [1.82, 2.24) is 14.9 Å². The Morgan fingerprint density at radius 3 is 2.52 bits per heavy atom. The van der Waals surface area contributed by atoms with Gasteiger partial charge < -0.3 is 15.3 Å². The molecule has 3 rings (SSSR count). The number of anilines is 2. The van der Waals surface area contributed by atoms with Crippen LogP contribution in [0, 0.1) is 6.92 Å². The first kappa shape index (κ1) is 16.5. The normalized spacial score (nSPS) is 21.6. The fourth-order valence-corrected chi connectivity index (χ4v) is 3.68. The molecule has 0 spiro atoms. The molecule has 1 aromatic heterocycles. The van der Waals surface area contributed by atoms with E-state index >= 15 is 0 Å². The first-order valence-corrected chi connectivity index (χ1v) is 8.87. The predicted octanol–water partition coefficient (Wildman–Crippen LogP) is 1.64. The van der Waals surface area contributed by atoms with Crippen LogP contribution < -0.4 is 10.2 Å². The number of nitrogens with zero attached hydrogens (tertiary/aromatic N) is 4. The molecular weight excluding hydrogens is 290 g/mol. The largest absolute Gasteiger partial charge is 0.389 e. The lowest BCUT2D eigenvalue weighted by Gasteiger charge is -2.38. The Bertz CT molecular complexity index is 522. The molecule has 0 atom stereocenters. The number of rotatable bonds is 5. The van der Waals surface area contributed by atoms with Gasteiger partial charge in [-0.15, -0.1) is 0 Å². The molecule has 1 saturated heterocycles. The fourth-order valence-electron chi connectivity index (χ4n) is 3.68. The summed E-state index contributed by atoms with van der Waals surface area (Å²) in [5.41, 5.74) is 0.550. The van der Waals surface area contributed by atoms with Crippen molar-refractivity contribution in [1.29, 1.82) is 0 Å². The standard InChI is InChI=1S/C17H29N5O/c1-3-18-15-12-14(2)19-16(20-15)22-10-8-21(9-11-22)13-17(23)6-4-5-7-17/h12,23H,3-11,13H2,1-2H3,(H,18,19,20). The Kier molecular flexibility index (Phi) is 5.02. The van der Waals surface area contributed by atoms with E-state index in [0.29, 0.717) is 0 Å². The van der Waals surface area contributed by atoms with Crippen LogP contribution in [0.3, 0.4) is 0 Å². The average molecular weight is 319 g/mol. The van der Waals surface area contributed by atoms with Gasteiger partial charge in [-0.3, -0.25) is 4.90 Å². The summed E-state index contributed by atoms with van der Waals surface area (Å²) in [5.74, 6) is 1.72. The van der Waals surface area contributed by atoms with E-state index in [-0.39, 0.29) is 0 Å². The van der Waals surface area contributed by atoms with Crippen LogP contribution in [-0.2, 0) is 0 Å². The maximum Gasteiger partial charge on any atom is 0.227 e. The summed E-state index contributed by atoms with van der Waals surface area (Å²) in [7, 11) is 0. The number of aryl methyl sites for hydroxylation is 1. The van der Waals surface area contributed by atoms with Crippen molar-refractivity contribution in [2.24, 2.45) is 0 Å². The molecule has 1 aliphatic heterocycles. The Morgan fingerprint density at radius 2 is 1.87 bits per heavy atom. The highest BCUT2D eigenvalue weighted by molar-refractivity contribution is 5.43. The molecule has 0 radical (unpaired) electrons. The second kappa shape index (κ2) is 7.01. The predicted molar refractivity (Wildman–Crippen MR) is 93.0 cm³/mol. The summed E-state index contributed by atoms with van der Waals surface area (Å²) in [5, 5.41) is 13.8. The summed E-state index contributed by atoms with van der Waals surface area (Å²) in [6.45, 7) is 9.55. The lowest BCUT2D eigenvalue weighted by Crippen LogP contribution is -2.51. The molecule has 2 fully saturated rings. The Morgan fingerprint density at radius 1 is 1.17 bits per heavy atom. The third-order valence-electron chi connectivity index (χ3n) is 4.91. The molecule has 0 aromatic carbocycles. The zero-order valence-electron chi connectivity index (χ0n) is 14.4. The van der Waals surface area contributed by atoms with Gasteiger partial charge in [0, 0.05) is 51.0 Å². The lowest BCUT2D eigenvalue weighted by atomic mass is 10.0. The molecule has 6 nitrogen and oxygen atoms in total. The van der Waals surface area contributed by atoms with E-state index in [1.165, 1.54) is 12.8 Å². The summed E-state index contributed by atoms with van der Waals surface area (Å²) in [6, 6.07) is 1.98. The molecule has 0 amide bonds. The van der Waals surface area contributed by atoms with Gasteiger partial charge in [-0.1, -0.05) is 12.8 Å². The third kappa shape index (κ3) is 4.12. The highest BCUT2D eigenvalue weighted by atomic mass is 16.3. The van der Waals surface area contributed by atoms with Crippen LogP contribution in [0.1, 0.15) is 38.3 Å². The second-order valence-corrected chi connectivity index (χ2v) is 6.92. The SMILES string of the molecule is CCNc1cc(C)nc(N2CCN(CC3(O)CCCC3)CC2)n1. The number of hydrogen-bond acceptors (Lipinski definition) is 6. The quantitative estimate of drug-likeness (QED) is 0.860.